The van der Waals surface area contributed by atoms with Crippen molar-refractivity contribution in [1.29, 1.82) is 0 Å². The summed E-state index contributed by atoms with van der Waals surface area (Å²) in [5.74, 6) is -1.18. The standard InChI is InChI=1S/C21H22N4O4/c1-4-17(29-21(28)15-10-12-22-13-11-15)19(26)23-18-14(2)24(3)25(20(18)27)16-8-6-5-7-9-16/h5-13,17H,4H2,1-3H3,(H,23,26). The predicted molar refractivity (Wildman–Crippen MR) is 108 cm³/mol. The molecule has 1 N–H and O–H groups in total. The van der Waals surface area contributed by atoms with Crippen molar-refractivity contribution in [1.82, 2.24) is 14.3 Å². The van der Waals surface area contributed by atoms with Gasteiger partial charge in [0.2, 0.25) is 0 Å². The number of anilines is 1. The molecule has 2 heterocycles. The summed E-state index contributed by atoms with van der Waals surface area (Å²) in [6, 6.07) is 12.1. The number of carbonyl (C=O) groups excluding carboxylic acids is 2. The lowest BCUT2D eigenvalue weighted by Gasteiger charge is -2.15. The second-order valence-electron chi connectivity index (χ2n) is 6.46. The third kappa shape index (κ3) is 4.11. The van der Waals surface area contributed by atoms with Crippen LogP contribution in [0.4, 0.5) is 5.69 Å². The minimum Gasteiger partial charge on any atom is -0.449 e. The zero-order chi connectivity index (χ0) is 21.0. The van der Waals surface area contributed by atoms with Crippen LogP contribution in [0.2, 0.25) is 0 Å². The summed E-state index contributed by atoms with van der Waals surface area (Å²) < 4.78 is 8.46. The number of pyridine rings is 1. The number of hydrogen-bond acceptors (Lipinski definition) is 5. The number of ether oxygens (including phenoxy) is 1. The molecule has 29 heavy (non-hydrogen) atoms. The first-order chi connectivity index (χ1) is 13.9. The molecule has 0 aliphatic heterocycles. The average Bonchev–Trinajstić information content (AvgIpc) is 2.96. The number of rotatable bonds is 6. The number of amides is 1. The minimum atomic E-state index is -1.03. The van der Waals surface area contributed by atoms with E-state index >= 15 is 0 Å². The van der Waals surface area contributed by atoms with Crippen LogP contribution in [0.5, 0.6) is 0 Å². The number of aromatic nitrogens is 3. The maximum absolute atomic E-state index is 12.9. The summed E-state index contributed by atoms with van der Waals surface area (Å²) in [6.07, 6.45) is 2.18. The summed E-state index contributed by atoms with van der Waals surface area (Å²) in [5.41, 5.74) is 1.36. The SMILES string of the molecule is CCC(OC(=O)c1ccncc1)C(=O)Nc1c(C)n(C)n(-c2ccccc2)c1=O. The molecule has 1 atom stereocenters. The summed E-state index contributed by atoms with van der Waals surface area (Å²) in [5, 5.41) is 2.63. The van der Waals surface area contributed by atoms with E-state index in [1.54, 1.807) is 37.7 Å². The molecule has 1 amide bonds. The van der Waals surface area contributed by atoms with Gasteiger partial charge < -0.3 is 10.1 Å². The zero-order valence-electron chi connectivity index (χ0n) is 16.5. The zero-order valence-corrected chi connectivity index (χ0v) is 16.5. The highest BCUT2D eigenvalue weighted by Crippen LogP contribution is 2.15. The van der Waals surface area contributed by atoms with Gasteiger partial charge in [-0.1, -0.05) is 25.1 Å². The predicted octanol–water partition coefficient (Wildman–Crippen LogP) is 2.45. The fourth-order valence-corrected chi connectivity index (χ4v) is 2.92. The Balaban J connectivity index is 1.83. The Kier molecular flexibility index (Phi) is 5.92. The van der Waals surface area contributed by atoms with Crippen LogP contribution in [0, 0.1) is 6.92 Å². The molecule has 150 valence electrons. The highest BCUT2D eigenvalue weighted by Gasteiger charge is 2.25. The van der Waals surface area contributed by atoms with Crippen molar-refractivity contribution in [2.45, 2.75) is 26.4 Å². The van der Waals surface area contributed by atoms with E-state index < -0.39 is 18.0 Å². The first-order valence-corrected chi connectivity index (χ1v) is 9.20. The van der Waals surface area contributed by atoms with Gasteiger partial charge in [0.05, 0.1) is 16.9 Å². The second-order valence-corrected chi connectivity index (χ2v) is 6.46. The smallest absolute Gasteiger partial charge is 0.339 e. The molecule has 0 saturated heterocycles. The fourth-order valence-electron chi connectivity index (χ4n) is 2.92. The van der Waals surface area contributed by atoms with Crippen molar-refractivity contribution in [3.05, 3.63) is 76.5 Å². The Hall–Kier alpha value is -3.68. The van der Waals surface area contributed by atoms with E-state index in [1.807, 2.05) is 18.2 Å². The molecule has 3 aromatic rings. The van der Waals surface area contributed by atoms with Gasteiger partial charge in [-0.25, -0.2) is 9.48 Å². The lowest BCUT2D eigenvalue weighted by Crippen LogP contribution is -2.33. The number of nitrogens with one attached hydrogen (secondary N) is 1. The highest BCUT2D eigenvalue weighted by atomic mass is 16.5. The molecule has 8 nitrogen and oxygen atoms in total. The quantitative estimate of drug-likeness (QED) is 0.648. The van der Waals surface area contributed by atoms with Gasteiger partial charge >= 0.3 is 5.97 Å². The number of esters is 1. The van der Waals surface area contributed by atoms with Gasteiger partial charge in [0.25, 0.3) is 11.5 Å². The van der Waals surface area contributed by atoms with Crippen molar-refractivity contribution in [2.24, 2.45) is 7.05 Å². The van der Waals surface area contributed by atoms with Gasteiger partial charge in [-0.3, -0.25) is 19.3 Å². The molecule has 1 aromatic carbocycles. The van der Waals surface area contributed by atoms with Crippen LogP contribution in [0.25, 0.3) is 5.69 Å². The first-order valence-electron chi connectivity index (χ1n) is 9.20. The molecular weight excluding hydrogens is 372 g/mol. The third-order valence-corrected chi connectivity index (χ3v) is 4.63. The van der Waals surface area contributed by atoms with Gasteiger partial charge in [-0.15, -0.1) is 0 Å². The number of benzene rings is 1. The van der Waals surface area contributed by atoms with E-state index in [0.717, 1.165) is 0 Å². The van der Waals surface area contributed by atoms with E-state index in [-0.39, 0.29) is 17.7 Å². The number of hydrogen-bond donors (Lipinski definition) is 1. The normalized spacial score (nSPS) is 11.7. The van der Waals surface area contributed by atoms with Gasteiger partial charge in [0.1, 0.15) is 5.69 Å². The van der Waals surface area contributed by atoms with E-state index in [1.165, 1.54) is 29.2 Å². The largest absolute Gasteiger partial charge is 0.449 e. The molecule has 2 aromatic heterocycles. The van der Waals surface area contributed by atoms with Crippen molar-refractivity contribution < 1.29 is 14.3 Å². The van der Waals surface area contributed by atoms with Gasteiger partial charge in [-0.2, -0.15) is 0 Å². The summed E-state index contributed by atoms with van der Waals surface area (Å²) in [7, 11) is 1.74. The van der Waals surface area contributed by atoms with Crippen molar-refractivity contribution in [2.75, 3.05) is 5.32 Å². The monoisotopic (exact) mass is 394 g/mol. The lowest BCUT2D eigenvalue weighted by atomic mass is 10.2. The Morgan fingerprint density at radius 2 is 1.79 bits per heavy atom. The topological polar surface area (TPSA) is 95.2 Å². The lowest BCUT2D eigenvalue weighted by molar-refractivity contribution is -0.124. The Morgan fingerprint density at radius 1 is 1.14 bits per heavy atom. The van der Waals surface area contributed by atoms with Crippen LogP contribution in [0.15, 0.2) is 59.7 Å². The van der Waals surface area contributed by atoms with Crippen LogP contribution in [-0.2, 0) is 16.6 Å². The Morgan fingerprint density at radius 3 is 2.41 bits per heavy atom. The Bertz CT molecular complexity index is 1070. The number of carbonyl (C=O) groups is 2. The molecule has 1 unspecified atom stereocenters. The Labute approximate surface area is 167 Å². The van der Waals surface area contributed by atoms with Gasteiger partial charge in [0, 0.05) is 19.4 Å². The summed E-state index contributed by atoms with van der Waals surface area (Å²) in [4.78, 5) is 41.7. The summed E-state index contributed by atoms with van der Waals surface area (Å²) in [6.45, 7) is 3.46. The second kappa shape index (κ2) is 8.55. The maximum Gasteiger partial charge on any atom is 0.339 e. The summed E-state index contributed by atoms with van der Waals surface area (Å²) >= 11 is 0. The molecule has 0 aliphatic carbocycles. The van der Waals surface area contributed by atoms with Crippen LogP contribution in [0.3, 0.4) is 0 Å². The third-order valence-electron chi connectivity index (χ3n) is 4.63. The molecule has 0 fully saturated rings. The highest BCUT2D eigenvalue weighted by molar-refractivity contribution is 5.97. The van der Waals surface area contributed by atoms with E-state index in [9.17, 15) is 14.4 Å². The van der Waals surface area contributed by atoms with Crippen molar-refractivity contribution in [3.8, 4) is 5.69 Å². The molecule has 8 heteroatoms. The number of para-hydroxylation sites is 1. The van der Waals surface area contributed by atoms with E-state index in [0.29, 0.717) is 16.9 Å². The molecule has 0 spiro atoms. The first kappa shape index (κ1) is 20.1. The van der Waals surface area contributed by atoms with E-state index in [2.05, 4.69) is 10.3 Å². The van der Waals surface area contributed by atoms with Crippen LogP contribution in [-0.4, -0.2) is 32.3 Å². The van der Waals surface area contributed by atoms with Crippen LogP contribution < -0.4 is 10.9 Å². The molecule has 0 saturated carbocycles. The van der Waals surface area contributed by atoms with Crippen LogP contribution >= 0.6 is 0 Å². The minimum absolute atomic E-state index is 0.153. The fraction of sp³-hybridized carbons (Fsp3) is 0.238. The molecule has 3 rings (SSSR count). The van der Waals surface area contributed by atoms with Crippen molar-refractivity contribution >= 4 is 17.6 Å². The van der Waals surface area contributed by atoms with E-state index in [4.69, 9.17) is 4.74 Å². The van der Waals surface area contributed by atoms with Crippen LogP contribution in [0.1, 0.15) is 29.4 Å². The average molecular weight is 394 g/mol. The number of nitrogens with zero attached hydrogens (tertiary/aromatic N) is 3. The molecule has 0 bridgehead atoms. The van der Waals surface area contributed by atoms with Gasteiger partial charge in [-0.05, 0) is 37.6 Å². The van der Waals surface area contributed by atoms with Crippen molar-refractivity contribution in [3.63, 3.8) is 0 Å². The molecule has 0 aliphatic rings. The maximum atomic E-state index is 12.9. The molecular formula is C21H22N4O4. The molecule has 0 radical (unpaired) electrons. The van der Waals surface area contributed by atoms with Gasteiger partial charge in [0.15, 0.2) is 6.10 Å².